The van der Waals surface area contributed by atoms with Crippen LogP contribution in [0.1, 0.15) is 5.56 Å². The molecule has 0 unspecified atom stereocenters. The second kappa shape index (κ2) is 6.79. The van der Waals surface area contributed by atoms with E-state index in [1.165, 1.54) is 18.3 Å². The van der Waals surface area contributed by atoms with Gasteiger partial charge in [0.25, 0.3) is 0 Å². The van der Waals surface area contributed by atoms with Crippen molar-refractivity contribution in [1.82, 2.24) is 20.1 Å². The average molecular weight is 380 g/mol. The number of furan rings is 1. The van der Waals surface area contributed by atoms with Crippen LogP contribution in [0.25, 0.3) is 17.1 Å². The lowest BCUT2D eigenvalue weighted by molar-refractivity contribution is -0.401. The lowest BCUT2D eigenvalue weighted by Gasteiger charge is -2.03. The van der Waals surface area contributed by atoms with Crippen LogP contribution in [0, 0.1) is 10.1 Å². The SMILES string of the molecule is O=C1CN(N=Cc2cn(-c3ccccc3)nc2-c2ccc([N+](=O)[O-])o2)C(=O)N1. The van der Waals surface area contributed by atoms with Gasteiger partial charge in [0.05, 0.1) is 18.0 Å². The van der Waals surface area contributed by atoms with Crippen LogP contribution in [-0.2, 0) is 4.79 Å². The van der Waals surface area contributed by atoms with Crippen molar-refractivity contribution in [2.75, 3.05) is 6.54 Å². The number of nitro groups is 1. The second-order valence-corrected chi connectivity index (χ2v) is 5.76. The van der Waals surface area contributed by atoms with Gasteiger partial charge in [-0.25, -0.2) is 14.5 Å². The zero-order chi connectivity index (χ0) is 19.7. The fourth-order valence-corrected chi connectivity index (χ4v) is 2.60. The molecule has 3 amide bonds. The van der Waals surface area contributed by atoms with Crippen LogP contribution in [0.5, 0.6) is 0 Å². The van der Waals surface area contributed by atoms with E-state index in [9.17, 15) is 19.7 Å². The Balaban J connectivity index is 1.74. The van der Waals surface area contributed by atoms with Gasteiger partial charge < -0.3 is 4.42 Å². The molecule has 28 heavy (non-hydrogen) atoms. The molecule has 0 radical (unpaired) electrons. The third-order valence-corrected chi connectivity index (χ3v) is 3.88. The van der Waals surface area contributed by atoms with Gasteiger partial charge in [0.1, 0.15) is 17.2 Å². The van der Waals surface area contributed by atoms with Gasteiger partial charge in [0.15, 0.2) is 5.76 Å². The molecule has 0 atom stereocenters. The smallest absolute Gasteiger partial charge is 0.399 e. The number of benzene rings is 1. The van der Waals surface area contributed by atoms with Crippen molar-refractivity contribution in [1.29, 1.82) is 0 Å². The predicted octanol–water partition coefficient (Wildman–Crippen LogP) is 1.93. The largest absolute Gasteiger partial charge is 0.433 e. The molecule has 0 aliphatic carbocycles. The Kier molecular flexibility index (Phi) is 4.16. The molecule has 1 saturated heterocycles. The minimum absolute atomic E-state index is 0.171. The zero-order valence-corrected chi connectivity index (χ0v) is 14.2. The molecule has 140 valence electrons. The molecule has 0 bridgehead atoms. The molecule has 3 heterocycles. The summed E-state index contributed by atoms with van der Waals surface area (Å²) in [5.74, 6) is -0.703. The standard InChI is InChI=1S/C17H12N6O5/c24-14-10-22(17(25)19-14)18-8-11-9-21(12-4-2-1-3-5-12)20-16(11)13-6-7-15(28-13)23(26)27/h1-9H,10H2,(H,19,24,25). The number of hydrogen-bond acceptors (Lipinski definition) is 7. The van der Waals surface area contributed by atoms with Crippen LogP contribution in [-0.4, -0.2) is 44.4 Å². The first kappa shape index (κ1) is 17.1. The highest BCUT2D eigenvalue weighted by molar-refractivity contribution is 6.02. The lowest BCUT2D eigenvalue weighted by Crippen LogP contribution is -2.24. The van der Waals surface area contributed by atoms with Crippen LogP contribution in [0.15, 0.2) is 58.2 Å². The van der Waals surface area contributed by atoms with Crippen molar-refractivity contribution in [3.8, 4) is 17.1 Å². The van der Waals surface area contributed by atoms with Gasteiger partial charge in [-0.2, -0.15) is 10.2 Å². The summed E-state index contributed by atoms with van der Waals surface area (Å²) in [5.41, 5.74) is 1.49. The van der Waals surface area contributed by atoms with Crippen molar-refractivity contribution in [3.63, 3.8) is 0 Å². The lowest BCUT2D eigenvalue weighted by atomic mass is 10.2. The third-order valence-electron chi connectivity index (χ3n) is 3.88. The Morgan fingerprint density at radius 2 is 2.00 bits per heavy atom. The average Bonchev–Trinajstić information content (AvgIpc) is 3.39. The number of carbonyl (C=O) groups excluding carboxylic acids is 2. The number of nitrogens with one attached hydrogen (secondary N) is 1. The van der Waals surface area contributed by atoms with Crippen molar-refractivity contribution >= 4 is 24.0 Å². The summed E-state index contributed by atoms with van der Waals surface area (Å²) in [7, 11) is 0. The Bertz CT molecular complexity index is 1100. The molecule has 2 aromatic heterocycles. The van der Waals surface area contributed by atoms with Crippen LogP contribution < -0.4 is 5.32 Å². The fraction of sp³-hybridized carbons (Fsp3) is 0.0588. The summed E-state index contributed by atoms with van der Waals surface area (Å²) in [4.78, 5) is 33.2. The molecule has 0 spiro atoms. The molecule has 1 aliphatic rings. The number of amides is 3. The van der Waals surface area contributed by atoms with Gasteiger partial charge >= 0.3 is 11.9 Å². The van der Waals surface area contributed by atoms with Gasteiger partial charge in [-0.1, -0.05) is 18.2 Å². The number of urea groups is 1. The van der Waals surface area contributed by atoms with Gasteiger partial charge in [-0.05, 0) is 18.2 Å². The van der Waals surface area contributed by atoms with Crippen LogP contribution in [0.3, 0.4) is 0 Å². The highest BCUT2D eigenvalue weighted by Gasteiger charge is 2.26. The first-order chi connectivity index (χ1) is 13.5. The Morgan fingerprint density at radius 3 is 2.64 bits per heavy atom. The Labute approximate surface area is 157 Å². The van der Waals surface area contributed by atoms with E-state index >= 15 is 0 Å². The number of hydrogen-bond donors (Lipinski definition) is 1. The van der Waals surface area contributed by atoms with Crippen LogP contribution in [0.2, 0.25) is 0 Å². The first-order valence-corrected chi connectivity index (χ1v) is 8.06. The van der Waals surface area contributed by atoms with Crippen LogP contribution in [0.4, 0.5) is 10.7 Å². The van der Waals surface area contributed by atoms with Crippen molar-refractivity contribution < 1.29 is 18.9 Å². The van der Waals surface area contributed by atoms with E-state index in [-0.39, 0.29) is 12.3 Å². The number of aromatic nitrogens is 2. The summed E-state index contributed by atoms with van der Waals surface area (Å²) in [6.45, 7) is -0.191. The van der Waals surface area contributed by atoms with E-state index in [2.05, 4.69) is 15.5 Å². The van der Waals surface area contributed by atoms with Crippen molar-refractivity contribution in [2.45, 2.75) is 0 Å². The molecule has 3 aromatic rings. The van der Waals surface area contributed by atoms with Crippen molar-refractivity contribution in [2.24, 2.45) is 5.10 Å². The van der Waals surface area contributed by atoms with Gasteiger partial charge in [0, 0.05) is 11.8 Å². The molecular formula is C17H12N6O5. The number of hydrazone groups is 1. The number of imide groups is 1. The summed E-state index contributed by atoms with van der Waals surface area (Å²) in [6.07, 6.45) is 2.98. The van der Waals surface area contributed by atoms with Crippen molar-refractivity contribution in [3.05, 3.63) is 64.3 Å². The molecule has 0 saturated carbocycles. The monoisotopic (exact) mass is 380 g/mol. The summed E-state index contributed by atoms with van der Waals surface area (Å²) in [5, 5.41) is 22.4. The normalized spacial score (nSPS) is 14.1. The maximum atomic E-state index is 11.6. The highest BCUT2D eigenvalue weighted by atomic mass is 16.6. The molecule has 1 aliphatic heterocycles. The van der Waals surface area contributed by atoms with Gasteiger partial charge in [-0.3, -0.25) is 20.2 Å². The molecule has 11 nitrogen and oxygen atoms in total. The molecule has 1 N–H and O–H groups in total. The number of rotatable bonds is 5. The number of carbonyl (C=O) groups is 2. The molecule has 1 fully saturated rings. The highest BCUT2D eigenvalue weighted by Crippen LogP contribution is 2.28. The minimum Gasteiger partial charge on any atom is -0.399 e. The summed E-state index contributed by atoms with van der Waals surface area (Å²) >= 11 is 0. The predicted molar refractivity (Wildman–Crippen MR) is 95.8 cm³/mol. The van der Waals surface area contributed by atoms with E-state index in [1.54, 1.807) is 10.9 Å². The van der Waals surface area contributed by atoms with E-state index in [1.807, 2.05) is 30.3 Å². The first-order valence-electron chi connectivity index (χ1n) is 8.06. The third kappa shape index (κ3) is 3.23. The second-order valence-electron chi connectivity index (χ2n) is 5.76. The minimum atomic E-state index is -0.647. The number of para-hydroxylation sites is 1. The van der Waals surface area contributed by atoms with E-state index in [0.717, 1.165) is 10.7 Å². The summed E-state index contributed by atoms with van der Waals surface area (Å²) < 4.78 is 6.80. The Hall–Kier alpha value is -4.28. The Morgan fingerprint density at radius 1 is 1.21 bits per heavy atom. The fourth-order valence-electron chi connectivity index (χ4n) is 2.60. The summed E-state index contributed by atoms with van der Waals surface area (Å²) in [6, 6.07) is 11.2. The van der Waals surface area contributed by atoms with Gasteiger partial charge in [-0.15, -0.1) is 0 Å². The van der Waals surface area contributed by atoms with Gasteiger partial charge in [0.2, 0.25) is 5.91 Å². The topological polar surface area (TPSA) is 136 Å². The molecular weight excluding hydrogens is 368 g/mol. The van der Waals surface area contributed by atoms with E-state index < -0.39 is 22.7 Å². The zero-order valence-electron chi connectivity index (χ0n) is 14.2. The molecule has 11 heteroatoms. The maximum absolute atomic E-state index is 11.6. The van der Waals surface area contributed by atoms with Crippen LogP contribution >= 0.6 is 0 Å². The van der Waals surface area contributed by atoms with E-state index in [0.29, 0.717) is 11.3 Å². The quantitative estimate of drug-likeness (QED) is 0.311. The van der Waals surface area contributed by atoms with E-state index in [4.69, 9.17) is 4.42 Å². The molecule has 4 rings (SSSR count). The molecule has 1 aromatic carbocycles. The maximum Gasteiger partial charge on any atom is 0.433 e. The number of nitrogens with zero attached hydrogens (tertiary/aromatic N) is 5.